The van der Waals surface area contributed by atoms with Crippen LogP contribution in [0.3, 0.4) is 0 Å². The van der Waals surface area contributed by atoms with Crippen molar-refractivity contribution in [2.24, 2.45) is 0 Å². The van der Waals surface area contributed by atoms with Crippen LogP contribution in [0.5, 0.6) is 0 Å². The molecule has 6 heterocycles. The summed E-state index contributed by atoms with van der Waals surface area (Å²) in [6.45, 7) is 0. The molecule has 6 aromatic heterocycles. The summed E-state index contributed by atoms with van der Waals surface area (Å²) in [7, 11) is 0. The molecular weight excluding hydrogens is 571 g/mol. The Bertz CT molecular complexity index is 2780. The molecule has 210 valence electrons. The Morgan fingerprint density at radius 1 is 0.556 bits per heavy atom. The van der Waals surface area contributed by atoms with Crippen LogP contribution >= 0.6 is 11.3 Å². The highest BCUT2D eigenvalue weighted by molar-refractivity contribution is 7.25. The normalized spacial score (nSPS) is 12.0. The summed E-state index contributed by atoms with van der Waals surface area (Å²) in [4.78, 5) is 18.0. The minimum atomic E-state index is 0.885. The Balaban J connectivity index is 1.16. The van der Waals surface area contributed by atoms with E-state index in [9.17, 15) is 0 Å². The second-order valence-corrected chi connectivity index (χ2v) is 12.5. The molecule has 0 aliphatic heterocycles. The van der Waals surface area contributed by atoms with E-state index in [4.69, 9.17) is 9.97 Å². The molecule has 6 heteroatoms. The van der Waals surface area contributed by atoms with Crippen LogP contribution in [-0.4, -0.2) is 24.5 Å². The molecule has 1 N–H and O–H groups in total. The van der Waals surface area contributed by atoms with Crippen molar-refractivity contribution in [2.75, 3.05) is 0 Å². The van der Waals surface area contributed by atoms with Gasteiger partial charge in [0.1, 0.15) is 11.0 Å². The average molecular weight is 594 g/mol. The highest BCUT2D eigenvalue weighted by Gasteiger charge is 2.16. The van der Waals surface area contributed by atoms with Gasteiger partial charge in [0.2, 0.25) is 0 Å². The van der Waals surface area contributed by atoms with Gasteiger partial charge in [-0.1, -0.05) is 54.6 Å². The first-order valence-corrected chi connectivity index (χ1v) is 15.7. The second kappa shape index (κ2) is 9.32. The zero-order chi connectivity index (χ0) is 29.5. The molecule has 0 bridgehead atoms. The first-order valence-electron chi connectivity index (χ1n) is 14.9. The number of nitrogens with zero attached hydrogens (tertiary/aromatic N) is 4. The predicted molar refractivity (Wildman–Crippen MR) is 187 cm³/mol. The molecule has 5 nitrogen and oxygen atoms in total. The summed E-state index contributed by atoms with van der Waals surface area (Å²) >= 11 is 1.72. The number of aromatic nitrogens is 5. The van der Waals surface area contributed by atoms with Crippen LogP contribution < -0.4 is 0 Å². The summed E-state index contributed by atoms with van der Waals surface area (Å²) in [5.41, 5.74) is 11.7. The maximum atomic E-state index is 5.07. The van der Waals surface area contributed by atoms with E-state index in [2.05, 4.69) is 124 Å². The number of hydrogen-bond donors (Lipinski definition) is 1. The fourth-order valence-electron chi connectivity index (χ4n) is 6.77. The van der Waals surface area contributed by atoms with Crippen LogP contribution in [0.25, 0.3) is 92.1 Å². The molecule has 10 aromatic rings. The number of benzene rings is 4. The number of aromatic amines is 1. The lowest BCUT2D eigenvalue weighted by Crippen LogP contribution is -1.96. The van der Waals surface area contributed by atoms with Crippen molar-refractivity contribution in [3.8, 4) is 28.1 Å². The molecule has 0 unspecified atom stereocenters. The number of H-pyrrole nitrogens is 1. The van der Waals surface area contributed by atoms with E-state index in [1.54, 1.807) is 11.3 Å². The predicted octanol–water partition coefficient (Wildman–Crippen LogP) is 10.3. The topological polar surface area (TPSA) is 59.4 Å². The molecule has 0 aliphatic rings. The number of fused-ring (bicyclic) bond motifs is 9. The standard InChI is InChI=1S/C39H23N5S/c1-3-8-32-27(6-1)30-19-23(12-14-33(30)42-32)24-11-13-29-28-7-2-4-9-34(28)44(35(29)20-24)26-18-25(21-40-22-26)31-15-16-37-39(43-31)38-36(45-37)10-5-17-41-38/h1-22,42H. The smallest absolute Gasteiger partial charge is 0.108 e. The molecule has 0 aliphatic carbocycles. The number of rotatable bonds is 3. The molecule has 0 fully saturated rings. The molecule has 10 rings (SSSR count). The summed E-state index contributed by atoms with van der Waals surface area (Å²) in [6, 6.07) is 41.1. The van der Waals surface area contributed by atoms with E-state index in [1.165, 1.54) is 32.7 Å². The monoisotopic (exact) mass is 593 g/mol. The van der Waals surface area contributed by atoms with Crippen molar-refractivity contribution >= 4 is 75.4 Å². The molecule has 45 heavy (non-hydrogen) atoms. The number of thiophene rings is 1. The third kappa shape index (κ3) is 3.70. The highest BCUT2D eigenvalue weighted by atomic mass is 32.1. The summed E-state index contributed by atoms with van der Waals surface area (Å²) < 4.78 is 4.61. The molecule has 0 saturated carbocycles. The van der Waals surface area contributed by atoms with Gasteiger partial charge in [-0.3, -0.25) is 9.97 Å². The van der Waals surface area contributed by atoms with Crippen LogP contribution in [0.15, 0.2) is 134 Å². The van der Waals surface area contributed by atoms with Gasteiger partial charge < -0.3 is 9.55 Å². The fraction of sp³-hybridized carbons (Fsp3) is 0. The van der Waals surface area contributed by atoms with Gasteiger partial charge >= 0.3 is 0 Å². The number of para-hydroxylation sites is 2. The summed E-state index contributed by atoms with van der Waals surface area (Å²) in [5, 5.41) is 4.90. The van der Waals surface area contributed by atoms with Crippen molar-refractivity contribution in [3.05, 3.63) is 134 Å². The maximum absolute atomic E-state index is 5.07. The van der Waals surface area contributed by atoms with E-state index in [-0.39, 0.29) is 0 Å². The first-order chi connectivity index (χ1) is 22.3. The molecule has 0 spiro atoms. The van der Waals surface area contributed by atoms with E-state index < -0.39 is 0 Å². The van der Waals surface area contributed by atoms with E-state index >= 15 is 0 Å². The van der Waals surface area contributed by atoms with Gasteiger partial charge in [-0.15, -0.1) is 11.3 Å². The van der Waals surface area contributed by atoms with Gasteiger partial charge in [0.25, 0.3) is 0 Å². The third-order valence-electron chi connectivity index (χ3n) is 8.86. The Morgan fingerprint density at radius 3 is 2.33 bits per heavy atom. The zero-order valence-corrected chi connectivity index (χ0v) is 24.7. The largest absolute Gasteiger partial charge is 0.355 e. The Labute approximate surface area is 261 Å². The number of nitrogens with one attached hydrogen (secondary N) is 1. The van der Waals surface area contributed by atoms with Crippen LogP contribution in [0.1, 0.15) is 0 Å². The van der Waals surface area contributed by atoms with Crippen molar-refractivity contribution in [2.45, 2.75) is 0 Å². The molecule has 0 radical (unpaired) electrons. The van der Waals surface area contributed by atoms with Crippen LogP contribution in [-0.2, 0) is 0 Å². The molecule has 0 atom stereocenters. The van der Waals surface area contributed by atoms with E-state index in [0.29, 0.717) is 0 Å². The number of pyridine rings is 3. The maximum Gasteiger partial charge on any atom is 0.108 e. The molecule has 4 aromatic carbocycles. The van der Waals surface area contributed by atoms with Gasteiger partial charge in [0, 0.05) is 50.5 Å². The quantitative estimate of drug-likeness (QED) is 0.222. The third-order valence-corrected chi connectivity index (χ3v) is 9.96. The van der Waals surface area contributed by atoms with Crippen LogP contribution in [0.4, 0.5) is 0 Å². The van der Waals surface area contributed by atoms with E-state index in [1.807, 2.05) is 24.7 Å². The van der Waals surface area contributed by atoms with Crippen LogP contribution in [0.2, 0.25) is 0 Å². The Morgan fingerprint density at radius 2 is 1.36 bits per heavy atom. The molecule has 0 saturated heterocycles. The van der Waals surface area contributed by atoms with Crippen molar-refractivity contribution in [1.29, 1.82) is 0 Å². The second-order valence-electron chi connectivity index (χ2n) is 11.4. The molecular formula is C39H23N5S. The number of hydrogen-bond acceptors (Lipinski definition) is 4. The SMILES string of the molecule is c1ccc2c(c1)[nH]c1ccc(-c3ccc4c5ccccc5n(-c5cncc(-c6ccc7sc8cccnc8c7n6)c5)c4c3)cc12. The van der Waals surface area contributed by atoms with Crippen molar-refractivity contribution in [1.82, 2.24) is 24.5 Å². The lowest BCUT2D eigenvalue weighted by atomic mass is 10.0. The van der Waals surface area contributed by atoms with Crippen molar-refractivity contribution in [3.63, 3.8) is 0 Å². The van der Waals surface area contributed by atoms with Gasteiger partial charge in [-0.25, -0.2) is 4.98 Å². The minimum Gasteiger partial charge on any atom is -0.355 e. The highest BCUT2D eigenvalue weighted by Crippen LogP contribution is 2.37. The summed E-state index contributed by atoms with van der Waals surface area (Å²) in [6.07, 6.45) is 5.68. The van der Waals surface area contributed by atoms with Crippen LogP contribution in [0, 0.1) is 0 Å². The first kappa shape index (κ1) is 24.6. The van der Waals surface area contributed by atoms with E-state index in [0.717, 1.165) is 59.4 Å². The van der Waals surface area contributed by atoms with Crippen molar-refractivity contribution < 1.29 is 0 Å². The van der Waals surface area contributed by atoms with Gasteiger partial charge in [-0.2, -0.15) is 0 Å². The Kier molecular flexibility index (Phi) is 5.09. The summed E-state index contributed by atoms with van der Waals surface area (Å²) in [5.74, 6) is 0. The zero-order valence-electron chi connectivity index (χ0n) is 23.9. The Hall–Kier alpha value is -5.85. The lowest BCUT2D eigenvalue weighted by Gasteiger charge is -2.10. The minimum absolute atomic E-state index is 0.885. The van der Waals surface area contributed by atoms with Gasteiger partial charge in [0.05, 0.1) is 38.0 Å². The fourth-order valence-corrected chi connectivity index (χ4v) is 7.78. The molecule has 0 amide bonds. The lowest BCUT2D eigenvalue weighted by molar-refractivity contribution is 1.14. The average Bonchev–Trinajstić information content (AvgIpc) is 3.77. The van der Waals surface area contributed by atoms with Gasteiger partial charge in [0.15, 0.2) is 0 Å². The van der Waals surface area contributed by atoms with Gasteiger partial charge in [-0.05, 0) is 71.8 Å².